The molecule has 0 radical (unpaired) electrons. The van der Waals surface area contributed by atoms with Gasteiger partial charge in [0.1, 0.15) is 0 Å². The van der Waals surface area contributed by atoms with Gasteiger partial charge in [0.15, 0.2) is 0 Å². The van der Waals surface area contributed by atoms with Gasteiger partial charge in [0, 0.05) is 0 Å². The lowest BCUT2D eigenvalue weighted by Gasteiger charge is -2.09. The number of nitrogens with two attached hydrogens (primary N) is 2. The van der Waals surface area contributed by atoms with Gasteiger partial charge < -0.3 is 16.6 Å². The summed E-state index contributed by atoms with van der Waals surface area (Å²) in [5, 5.41) is 8.35. The minimum absolute atomic E-state index is 0.0277. The van der Waals surface area contributed by atoms with Crippen molar-refractivity contribution in [1.82, 2.24) is 0 Å². The number of carboxylic acid groups (broad SMARTS) is 1. The SMILES string of the molecule is NC(=S)C(CC(=O)O)C(N)=S. The maximum absolute atomic E-state index is 10.2. The number of carbonyl (C=O) groups is 1. The van der Waals surface area contributed by atoms with Gasteiger partial charge in [-0.05, 0) is 0 Å². The first kappa shape index (κ1) is 10.2. The van der Waals surface area contributed by atoms with Gasteiger partial charge in [0.2, 0.25) is 0 Å². The van der Waals surface area contributed by atoms with Crippen molar-refractivity contribution >= 4 is 40.4 Å². The highest BCUT2D eigenvalue weighted by Crippen LogP contribution is 2.03. The van der Waals surface area contributed by atoms with Crippen molar-refractivity contribution in [3.8, 4) is 0 Å². The number of hydrogen-bond acceptors (Lipinski definition) is 3. The fraction of sp³-hybridized carbons (Fsp3) is 0.400. The predicted octanol–water partition coefficient (Wildman–Crippen LogP) is -0.350. The van der Waals surface area contributed by atoms with Crippen molar-refractivity contribution in [2.24, 2.45) is 17.4 Å². The molecule has 0 fully saturated rings. The van der Waals surface area contributed by atoms with Crippen LogP contribution in [-0.4, -0.2) is 21.1 Å². The lowest BCUT2D eigenvalue weighted by Crippen LogP contribution is -2.34. The van der Waals surface area contributed by atoms with Crippen molar-refractivity contribution in [3.05, 3.63) is 0 Å². The van der Waals surface area contributed by atoms with E-state index in [-0.39, 0.29) is 16.4 Å². The van der Waals surface area contributed by atoms with Crippen LogP contribution in [0.3, 0.4) is 0 Å². The molecule has 0 aliphatic rings. The van der Waals surface area contributed by atoms with Crippen LogP contribution in [0.15, 0.2) is 0 Å². The summed E-state index contributed by atoms with van der Waals surface area (Å²) in [5.74, 6) is -1.69. The second-order valence-corrected chi connectivity index (χ2v) is 2.90. The smallest absolute Gasteiger partial charge is 0.304 e. The molecule has 4 nitrogen and oxygen atoms in total. The molecule has 0 saturated heterocycles. The van der Waals surface area contributed by atoms with E-state index >= 15 is 0 Å². The van der Waals surface area contributed by atoms with Crippen LogP contribution in [0.4, 0.5) is 0 Å². The maximum Gasteiger partial charge on any atom is 0.304 e. The second kappa shape index (κ2) is 4.20. The monoisotopic (exact) mass is 192 g/mol. The van der Waals surface area contributed by atoms with Gasteiger partial charge in [-0.15, -0.1) is 0 Å². The first-order valence-electron chi connectivity index (χ1n) is 2.75. The van der Waals surface area contributed by atoms with E-state index in [9.17, 15) is 4.79 Å². The molecule has 0 atom stereocenters. The molecular formula is C5H8N2O2S2. The van der Waals surface area contributed by atoms with E-state index in [0.717, 1.165) is 0 Å². The average Bonchev–Trinajstić information content (AvgIpc) is 1.81. The van der Waals surface area contributed by atoms with Gasteiger partial charge in [-0.25, -0.2) is 0 Å². The Bertz CT molecular complexity index is 191. The molecule has 0 aliphatic carbocycles. The van der Waals surface area contributed by atoms with Crippen LogP contribution < -0.4 is 11.5 Å². The third kappa shape index (κ3) is 3.84. The molecule has 0 amide bonds. The molecule has 0 saturated carbocycles. The standard InChI is InChI=1S/C5H8N2O2S2/c6-4(10)2(5(7)11)1-3(8)9/h2H,1H2,(H2,6,10)(H2,7,11)(H,8,9). The topological polar surface area (TPSA) is 89.3 Å². The Labute approximate surface area is 74.6 Å². The van der Waals surface area contributed by atoms with Crippen LogP contribution in [0, 0.1) is 5.92 Å². The van der Waals surface area contributed by atoms with Gasteiger partial charge in [-0.1, -0.05) is 24.4 Å². The molecule has 0 aromatic carbocycles. The third-order valence-electron chi connectivity index (χ3n) is 1.07. The fourth-order valence-electron chi connectivity index (χ4n) is 0.516. The van der Waals surface area contributed by atoms with Gasteiger partial charge in [0.05, 0.1) is 22.3 Å². The molecule has 11 heavy (non-hydrogen) atoms. The van der Waals surface area contributed by atoms with Crippen LogP contribution in [0.25, 0.3) is 0 Å². The summed E-state index contributed by atoms with van der Waals surface area (Å²) >= 11 is 9.12. The molecular weight excluding hydrogens is 184 g/mol. The van der Waals surface area contributed by atoms with Crippen molar-refractivity contribution in [3.63, 3.8) is 0 Å². The Hall–Kier alpha value is -0.750. The second-order valence-electron chi connectivity index (χ2n) is 1.96. The molecule has 5 N–H and O–H groups in total. The Morgan fingerprint density at radius 3 is 1.82 bits per heavy atom. The first-order chi connectivity index (χ1) is 4.95. The molecule has 6 heteroatoms. The van der Waals surface area contributed by atoms with Crippen LogP contribution in [-0.2, 0) is 4.79 Å². The number of aliphatic carboxylic acids is 1. The molecule has 0 heterocycles. The Balaban J connectivity index is 4.23. The van der Waals surface area contributed by atoms with Crippen LogP contribution in [0.1, 0.15) is 6.42 Å². The Kier molecular flexibility index (Phi) is 3.91. The number of thiocarbonyl (C=S) groups is 2. The quantitative estimate of drug-likeness (QED) is 0.527. The van der Waals surface area contributed by atoms with Gasteiger partial charge in [-0.2, -0.15) is 0 Å². The number of carboxylic acids is 1. The summed E-state index contributed by atoms with van der Waals surface area (Å²) in [6.45, 7) is 0. The zero-order chi connectivity index (χ0) is 9.02. The summed E-state index contributed by atoms with van der Waals surface area (Å²) in [5.41, 5.74) is 10.4. The highest BCUT2D eigenvalue weighted by atomic mass is 32.1. The molecule has 0 unspecified atom stereocenters. The number of rotatable bonds is 4. The molecule has 0 rings (SSSR count). The maximum atomic E-state index is 10.2. The molecule has 0 aliphatic heterocycles. The van der Waals surface area contributed by atoms with Crippen molar-refractivity contribution in [1.29, 1.82) is 0 Å². The minimum Gasteiger partial charge on any atom is -0.481 e. The van der Waals surface area contributed by atoms with E-state index in [4.69, 9.17) is 16.6 Å². The minimum atomic E-state index is -1.02. The van der Waals surface area contributed by atoms with Gasteiger partial charge in [0.25, 0.3) is 0 Å². The zero-order valence-electron chi connectivity index (χ0n) is 5.61. The Morgan fingerprint density at radius 2 is 1.73 bits per heavy atom. The highest BCUT2D eigenvalue weighted by Gasteiger charge is 2.18. The van der Waals surface area contributed by atoms with Crippen molar-refractivity contribution in [2.75, 3.05) is 0 Å². The van der Waals surface area contributed by atoms with Crippen LogP contribution in [0.5, 0.6) is 0 Å². The fourth-order valence-corrected chi connectivity index (χ4v) is 1.01. The van der Waals surface area contributed by atoms with E-state index in [2.05, 4.69) is 24.4 Å². The lowest BCUT2D eigenvalue weighted by molar-refractivity contribution is -0.137. The summed E-state index contributed by atoms with van der Waals surface area (Å²) in [6, 6.07) is 0. The van der Waals surface area contributed by atoms with Crippen molar-refractivity contribution < 1.29 is 9.90 Å². The number of hydrogen-bond donors (Lipinski definition) is 3. The van der Waals surface area contributed by atoms with E-state index in [1.54, 1.807) is 0 Å². The molecule has 0 bridgehead atoms. The van der Waals surface area contributed by atoms with Gasteiger partial charge >= 0.3 is 5.97 Å². The third-order valence-corrected chi connectivity index (χ3v) is 1.63. The molecule has 62 valence electrons. The summed E-state index contributed by atoms with van der Waals surface area (Å²) in [7, 11) is 0. The molecule has 0 spiro atoms. The molecule has 0 aromatic heterocycles. The predicted molar refractivity (Wildman–Crippen MR) is 49.3 cm³/mol. The van der Waals surface area contributed by atoms with Crippen LogP contribution >= 0.6 is 24.4 Å². The van der Waals surface area contributed by atoms with E-state index < -0.39 is 11.9 Å². The van der Waals surface area contributed by atoms with Crippen molar-refractivity contribution in [2.45, 2.75) is 6.42 Å². The first-order valence-corrected chi connectivity index (χ1v) is 3.57. The normalized spacial score (nSPS) is 9.55. The highest BCUT2D eigenvalue weighted by molar-refractivity contribution is 7.82. The average molecular weight is 192 g/mol. The zero-order valence-corrected chi connectivity index (χ0v) is 7.24. The molecule has 0 aromatic rings. The van der Waals surface area contributed by atoms with Gasteiger partial charge in [-0.3, -0.25) is 4.79 Å². The van der Waals surface area contributed by atoms with E-state index in [0.29, 0.717) is 0 Å². The summed E-state index contributed by atoms with van der Waals surface area (Å²) in [4.78, 5) is 10.2. The lowest BCUT2D eigenvalue weighted by atomic mass is 10.1. The summed E-state index contributed by atoms with van der Waals surface area (Å²) < 4.78 is 0. The Morgan fingerprint density at radius 1 is 1.36 bits per heavy atom. The van der Waals surface area contributed by atoms with E-state index in [1.807, 2.05) is 0 Å². The van der Waals surface area contributed by atoms with Crippen LogP contribution in [0.2, 0.25) is 0 Å². The largest absolute Gasteiger partial charge is 0.481 e. The summed E-state index contributed by atoms with van der Waals surface area (Å²) in [6.07, 6.45) is -0.231. The van der Waals surface area contributed by atoms with E-state index in [1.165, 1.54) is 0 Å².